The highest BCUT2D eigenvalue weighted by Gasteiger charge is 2.05. The van der Waals surface area contributed by atoms with Gasteiger partial charge in [-0.25, -0.2) is 15.6 Å². The lowest BCUT2D eigenvalue weighted by atomic mass is 10.1. The zero-order valence-corrected chi connectivity index (χ0v) is 19.9. The normalized spacial score (nSPS) is 12.9. The van der Waals surface area contributed by atoms with Gasteiger partial charge in [0.1, 0.15) is 0 Å². The number of nitrogens with zero attached hydrogens (tertiary/aromatic N) is 2. The van der Waals surface area contributed by atoms with Crippen LogP contribution >= 0.6 is 0 Å². The van der Waals surface area contributed by atoms with Crippen molar-refractivity contribution in [1.29, 1.82) is 0 Å². The summed E-state index contributed by atoms with van der Waals surface area (Å²) in [5.74, 6) is 0.313. The van der Waals surface area contributed by atoms with Crippen LogP contribution in [0.2, 0.25) is 0 Å². The summed E-state index contributed by atoms with van der Waals surface area (Å²) in [4.78, 5) is 12.2. The highest BCUT2D eigenvalue weighted by molar-refractivity contribution is 6.01. The number of hydrogen-bond donors (Lipinski definition) is 2. The molecule has 0 radical (unpaired) electrons. The molecule has 0 saturated heterocycles. The van der Waals surface area contributed by atoms with Crippen molar-refractivity contribution >= 4 is 29.6 Å². The quantitative estimate of drug-likeness (QED) is 0.372. The molecule has 0 aliphatic heterocycles. The van der Waals surface area contributed by atoms with Gasteiger partial charge in [-0.05, 0) is 49.0 Å². The number of benzene rings is 2. The van der Waals surface area contributed by atoms with Crippen molar-refractivity contribution in [3.63, 3.8) is 0 Å². The smallest absolute Gasteiger partial charge is 0.245 e. The number of carbonyl (C=O) groups excluding carboxylic acids is 1. The number of hydrazone groups is 2. The second-order valence-corrected chi connectivity index (χ2v) is 8.42. The van der Waals surface area contributed by atoms with Gasteiger partial charge in [0.25, 0.3) is 0 Å². The Morgan fingerprint density at radius 3 is 1.34 bits per heavy atom. The number of carbonyl (C=O) groups is 1. The number of urea groups is 1. The van der Waals surface area contributed by atoms with Crippen LogP contribution in [0, 0.1) is 25.7 Å². The highest BCUT2D eigenvalue weighted by atomic mass is 16.2. The summed E-state index contributed by atoms with van der Waals surface area (Å²) in [7, 11) is 0. The van der Waals surface area contributed by atoms with Gasteiger partial charge in [-0.1, -0.05) is 99.5 Å². The number of nitrogens with one attached hydrogen (secondary N) is 2. The Balaban J connectivity index is 2.01. The predicted molar refractivity (Wildman–Crippen MR) is 137 cm³/mol. The monoisotopic (exact) mass is 430 g/mol. The molecule has 5 nitrogen and oxygen atoms in total. The van der Waals surface area contributed by atoms with E-state index in [1.165, 1.54) is 11.1 Å². The van der Waals surface area contributed by atoms with Crippen LogP contribution in [0.25, 0.3) is 12.2 Å². The van der Waals surface area contributed by atoms with Crippen molar-refractivity contribution in [2.24, 2.45) is 22.0 Å². The van der Waals surface area contributed by atoms with E-state index in [1.54, 1.807) is 0 Å². The fraction of sp³-hybridized carbons (Fsp3) is 0.296. The lowest BCUT2D eigenvalue weighted by molar-refractivity contribution is 0.241. The molecule has 0 heterocycles. The largest absolute Gasteiger partial charge is 0.355 e. The van der Waals surface area contributed by atoms with E-state index in [2.05, 4.69) is 83.4 Å². The summed E-state index contributed by atoms with van der Waals surface area (Å²) in [6, 6.07) is 16.0. The molecule has 0 bridgehead atoms. The summed E-state index contributed by atoms with van der Waals surface area (Å²) in [6.07, 6.45) is 7.82. The fourth-order valence-corrected chi connectivity index (χ4v) is 2.69. The Morgan fingerprint density at radius 2 is 1.03 bits per heavy atom. The first-order chi connectivity index (χ1) is 15.2. The van der Waals surface area contributed by atoms with Gasteiger partial charge in [0.15, 0.2) is 0 Å². The zero-order valence-electron chi connectivity index (χ0n) is 19.9. The topological polar surface area (TPSA) is 65.8 Å². The Hall–Kier alpha value is -3.47. The third kappa shape index (κ3) is 8.72. The fourth-order valence-electron chi connectivity index (χ4n) is 2.69. The molecule has 2 N–H and O–H groups in total. The molecule has 0 spiro atoms. The van der Waals surface area contributed by atoms with Crippen LogP contribution in [0.5, 0.6) is 0 Å². The minimum Gasteiger partial charge on any atom is -0.245 e. The van der Waals surface area contributed by atoms with Gasteiger partial charge in [0.05, 0.1) is 11.4 Å². The van der Waals surface area contributed by atoms with Crippen LogP contribution in [0.1, 0.15) is 49.9 Å². The number of hydrogen-bond acceptors (Lipinski definition) is 3. The minimum atomic E-state index is -0.478. The molecule has 0 aromatic heterocycles. The molecule has 2 rings (SSSR count). The molecule has 2 aromatic rings. The Morgan fingerprint density at radius 1 is 0.688 bits per heavy atom. The molecule has 0 unspecified atom stereocenters. The van der Waals surface area contributed by atoms with Gasteiger partial charge in [0, 0.05) is 0 Å². The van der Waals surface area contributed by atoms with E-state index in [-0.39, 0.29) is 11.8 Å². The average molecular weight is 431 g/mol. The van der Waals surface area contributed by atoms with Gasteiger partial charge in [-0.2, -0.15) is 10.2 Å². The first kappa shape index (κ1) is 24.8. The maximum atomic E-state index is 12.2. The predicted octanol–water partition coefficient (Wildman–Crippen LogP) is 6.35. The molecular weight excluding hydrogens is 396 g/mol. The average Bonchev–Trinajstić information content (AvgIpc) is 2.75. The van der Waals surface area contributed by atoms with Crippen LogP contribution < -0.4 is 10.9 Å². The summed E-state index contributed by atoms with van der Waals surface area (Å²) in [6.45, 7) is 12.2. The van der Waals surface area contributed by atoms with Crippen molar-refractivity contribution in [2.75, 3.05) is 0 Å². The molecule has 0 aliphatic carbocycles. The van der Waals surface area contributed by atoms with Crippen molar-refractivity contribution in [3.05, 3.63) is 82.9 Å². The molecule has 5 heteroatoms. The van der Waals surface area contributed by atoms with Gasteiger partial charge >= 0.3 is 6.03 Å². The second kappa shape index (κ2) is 12.4. The van der Waals surface area contributed by atoms with E-state index in [4.69, 9.17) is 0 Å². The summed E-state index contributed by atoms with van der Waals surface area (Å²) in [5.41, 5.74) is 11.2. The third-order valence-electron chi connectivity index (χ3n) is 4.80. The van der Waals surface area contributed by atoms with Gasteiger partial charge in [-0.3, -0.25) is 0 Å². The maximum Gasteiger partial charge on any atom is 0.355 e. The third-order valence-corrected chi connectivity index (χ3v) is 4.80. The number of amides is 2. The van der Waals surface area contributed by atoms with Crippen LogP contribution in [0.15, 0.2) is 70.9 Å². The van der Waals surface area contributed by atoms with Crippen LogP contribution in [-0.4, -0.2) is 17.5 Å². The molecule has 0 atom stereocenters. The van der Waals surface area contributed by atoms with E-state index < -0.39 is 6.03 Å². The van der Waals surface area contributed by atoms with Gasteiger partial charge in [0.2, 0.25) is 0 Å². The molecule has 0 aliphatic rings. The van der Waals surface area contributed by atoms with Crippen LogP contribution in [-0.2, 0) is 0 Å². The van der Waals surface area contributed by atoms with Crippen molar-refractivity contribution in [3.8, 4) is 0 Å². The van der Waals surface area contributed by atoms with E-state index in [0.717, 1.165) is 22.6 Å². The lowest BCUT2D eigenvalue weighted by Crippen LogP contribution is -2.31. The number of allylic oxidation sites excluding steroid dienone is 2. The SMILES string of the molecule is Cc1ccc(/C=C/C(=N\NC(=O)N/N=C(\C=C\c2ccc(C)cc2)C(C)C)C(C)C)cc1. The molecule has 32 heavy (non-hydrogen) atoms. The Bertz CT molecular complexity index is 913. The minimum absolute atomic E-state index is 0.157. The number of aryl methyl sites for hydroxylation is 2. The highest BCUT2D eigenvalue weighted by Crippen LogP contribution is 2.08. The van der Waals surface area contributed by atoms with E-state index in [1.807, 2.05) is 52.0 Å². The van der Waals surface area contributed by atoms with Crippen molar-refractivity contribution < 1.29 is 4.79 Å². The molecule has 0 fully saturated rings. The molecule has 2 aromatic carbocycles. The summed E-state index contributed by atoms with van der Waals surface area (Å²) >= 11 is 0. The Labute approximate surface area is 192 Å². The van der Waals surface area contributed by atoms with E-state index in [0.29, 0.717) is 0 Å². The molecule has 168 valence electrons. The van der Waals surface area contributed by atoms with Crippen molar-refractivity contribution in [1.82, 2.24) is 10.9 Å². The summed E-state index contributed by atoms with van der Waals surface area (Å²) in [5, 5.41) is 8.52. The molecular formula is C27H34N4O. The van der Waals surface area contributed by atoms with Gasteiger partial charge < -0.3 is 0 Å². The number of rotatable bonds is 8. The van der Waals surface area contributed by atoms with Crippen molar-refractivity contribution in [2.45, 2.75) is 41.5 Å². The van der Waals surface area contributed by atoms with Gasteiger partial charge in [-0.15, -0.1) is 0 Å². The lowest BCUT2D eigenvalue weighted by Gasteiger charge is -2.08. The molecule has 2 amide bonds. The Kier molecular flexibility index (Phi) is 9.61. The van der Waals surface area contributed by atoms with E-state index in [9.17, 15) is 4.79 Å². The first-order valence-electron chi connectivity index (χ1n) is 10.9. The maximum absolute atomic E-state index is 12.2. The molecule has 0 saturated carbocycles. The standard InChI is InChI=1S/C27H34N4O/c1-19(2)25(17-15-23-11-7-21(5)8-12-23)28-30-27(32)31-29-26(20(3)4)18-16-24-13-9-22(6)10-14-24/h7-20H,1-6H3,(H2,30,31,32)/b17-15+,18-16+,28-25+,29-26+. The van der Waals surface area contributed by atoms with Crippen LogP contribution in [0.4, 0.5) is 4.79 Å². The second-order valence-electron chi connectivity index (χ2n) is 8.42. The first-order valence-corrected chi connectivity index (χ1v) is 10.9. The summed E-state index contributed by atoms with van der Waals surface area (Å²) < 4.78 is 0. The van der Waals surface area contributed by atoms with E-state index >= 15 is 0 Å². The van der Waals surface area contributed by atoms with Crippen LogP contribution in [0.3, 0.4) is 0 Å². The zero-order chi connectivity index (χ0) is 23.5.